The molecule has 64 valence electrons. The Labute approximate surface area is 71.1 Å². The largest absolute Gasteiger partial charge is 0.485 e. The van der Waals surface area contributed by atoms with Crippen molar-refractivity contribution in [3.63, 3.8) is 0 Å². The predicted octanol–water partition coefficient (Wildman–Crippen LogP) is 0.386. The molecule has 3 heteroatoms. The Morgan fingerprint density at radius 2 is 2.67 bits per heavy atom. The highest BCUT2D eigenvalue weighted by Gasteiger charge is 2.40. The van der Waals surface area contributed by atoms with E-state index in [-0.39, 0.29) is 17.9 Å². The Bertz CT molecular complexity index is 257. The van der Waals surface area contributed by atoms with Crippen molar-refractivity contribution < 1.29 is 9.53 Å². The van der Waals surface area contributed by atoms with Gasteiger partial charge in [-0.25, -0.2) is 0 Å². The first kappa shape index (κ1) is 7.55. The van der Waals surface area contributed by atoms with Crippen LogP contribution >= 0.6 is 0 Å². The third-order valence-corrected chi connectivity index (χ3v) is 2.17. The van der Waals surface area contributed by atoms with Gasteiger partial charge in [0, 0.05) is 13.0 Å². The predicted molar refractivity (Wildman–Crippen MR) is 44.6 cm³/mol. The van der Waals surface area contributed by atoms with Gasteiger partial charge in [-0.15, -0.1) is 6.58 Å². The molecule has 0 aromatic rings. The molecule has 0 bridgehead atoms. The Balaban J connectivity index is 2.14. The molecule has 2 heterocycles. The number of hydrogen-bond acceptors (Lipinski definition) is 3. The van der Waals surface area contributed by atoms with Crippen LogP contribution < -0.4 is 5.32 Å². The lowest BCUT2D eigenvalue weighted by atomic mass is 10.1. The zero-order chi connectivity index (χ0) is 8.55. The summed E-state index contributed by atoms with van der Waals surface area (Å²) in [6, 6.07) is -0.171. The van der Waals surface area contributed by atoms with E-state index >= 15 is 0 Å². The number of ketones is 1. The highest BCUT2D eigenvalue weighted by Crippen LogP contribution is 2.25. The first-order chi connectivity index (χ1) is 5.83. The van der Waals surface area contributed by atoms with Gasteiger partial charge in [-0.05, 0) is 6.08 Å². The molecule has 0 amide bonds. The van der Waals surface area contributed by atoms with Crippen LogP contribution in [0.1, 0.15) is 6.42 Å². The molecule has 3 nitrogen and oxygen atoms in total. The Hall–Kier alpha value is -1.09. The first-order valence-corrected chi connectivity index (χ1v) is 4.07. The summed E-state index contributed by atoms with van der Waals surface area (Å²) in [5.41, 5.74) is 0. The maximum absolute atomic E-state index is 11.5. The maximum atomic E-state index is 11.5. The second-order valence-corrected chi connectivity index (χ2v) is 2.98. The molecular weight excluding hydrogens is 154 g/mol. The minimum atomic E-state index is -0.299. The van der Waals surface area contributed by atoms with Gasteiger partial charge in [0.2, 0.25) is 0 Å². The van der Waals surface area contributed by atoms with E-state index in [0.29, 0.717) is 6.42 Å². The van der Waals surface area contributed by atoms with E-state index in [1.807, 2.05) is 6.08 Å². The van der Waals surface area contributed by atoms with Gasteiger partial charge in [0.05, 0.1) is 0 Å². The lowest BCUT2D eigenvalue weighted by Gasteiger charge is -2.05. The fraction of sp³-hybridized carbons (Fsp3) is 0.444. The Morgan fingerprint density at radius 1 is 1.83 bits per heavy atom. The van der Waals surface area contributed by atoms with Gasteiger partial charge >= 0.3 is 0 Å². The second-order valence-electron chi connectivity index (χ2n) is 2.98. The third-order valence-electron chi connectivity index (χ3n) is 2.17. The summed E-state index contributed by atoms with van der Waals surface area (Å²) < 4.78 is 5.42. The van der Waals surface area contributed by atoms with Crippen molar-refractivity contribution in [2.75, 3.05) is 6.54 Å². The van der Waals surface area contributed by atoms with Crippen molar-refractivity contribution >= 4 is 5.78 Å². The molecule has 1 fully saturated rings. The lowest BCUT2D eigenvalue weighted by molar-refractivity contribution is -0.123. The summed E-state index contributed by atoms with van der Waals surface area (Å²) in [5, 5.41) is 3.06. The number of fused-ring (bicyclic) bond motifs is 1. The van der Waals surface area contributed by atoms with Crippen molar-refractivity contribution in [1.29, 1.82) is 0 Å². The minimum absolute atomic E-state index is 0.138. The molecule has 0 aromatic carbocycles. The molecular formula is C9H11NO2. The van der Waals surface area contributed by atoms with E-state index in [2.05, 4.69) is 11.9 Å². The van der Waals surface area contributed by atoms with Crippen LogP contribution in [0, 0.1) is 0 Å². The molecule has 0 radical (unpaired) electrons. The van der Waals surface area contributed by atoms with Crippen molar-refractivity contribution in [2.45, 2.75) is 18.6 Å². The van der Waals surface area contributed by atoms with Crippen LogP contribution in [0.15, 0.2) is 24.5 Å². The van der Waals surface area contributed by atoms with Gasteiger partial charge in [-0.1, -0.05) is 6.08 Å². The summed E-state index contributed by atoms with van der Waals surface area (Å²) in [5.74, 6) is 0.936. The van der Waals surface area contributed by atoms with E-state index < -0.39 is 0 Å². The standard InChI is InChI=1S/C9H11NO2/c1-2-3-7-9(11)8-6(12-7)4-5-10-8/h2,4,7-8,10H,1,3,5H2. The normalized spacial score (nSPS) is 32.7. The molecule has 1 saturated heterocycles. The van der Waals surface area contributed by atoms with Crippen LogP contribution in [0.5, 0.6) is 0 Å². The minimum Gasteiger partial charge on any atom is -0.485 e. The monoisotopic (exact) mass is 165 g/mol. The molecule has 0 spiro atoms. The fourth-order valence-electron chi connectivity index (χ4n) is 1.58. The number of nitrogens with one attached hydrogen (secondary N) is 1. The number of carbonyl (C=O) groups excluding carboxylic acids is 1. The summed E-state index contributed by atoms with van der Waals surface area (Å²) in [4.78, 5) is 11.5. The molecule has 12 heavy (non-hydrogen) atoms. The van der Waals surface area contributed by atoms with E-state index in [1.165, 1.54) is 0 Å². The zero-order valence-corrected chi connectivity index (χ0v) is 6.75. The Morgan fingerprint density at radius 3 is 3.33 bits per heavy atom. The lowest BCUT2D eigenvalue weighted by Crippen LogP contribution is -2.33. The van der Waals surface area contributed by atoms with Gasteiger partial charge in [-0.3, -0.25) is 10.1 Å². The average Bonchev–Trinajstić information content (AvgIpc) is 2.58. The number of ether oxygens (including phenoxy) is 1. The molecule has 2 aliphatic rings. The number of Topliss-reactive ketones (excluding diaryl/α,β-unsaturated/α-hetero) is 1. The van der Waals surface area contributed by atoms with Crippen LogP contribution in [0.3, 0.4) is 0 Å². The zero-order valence-electron chi connectivity index (χ0n) is 6.75. The summed E-state index contributed by atoms with van der Waals surface area (Å²) in [7, 11) is 0. The van der Waals surface area contributed by atoms with Gasteiger partial charge in [0.25, 0.3) is 0 Å². The Kier molecular flexibility index (Phi) is 1.73. The van der Waals surface area contributed by atoms with E-state index in [1.54, 1.807) is 6.08 Å². The van der Waals surface area contributed by atoms with Crippen LogP contribution in [-0.4, -0.2) is 24.5 Å². The molecule has 0 aromatic heterocycles. The number of carbonyl (C=O) groups is 1. The maximum Gasteiger partial charge on any atom is 0.198 e. The summed E-state index contributed by atoms with van der Waals surface area (Å²) >= 11 is 0. The third kappa shape index (κ3) is 0.975. The van der Waals surface area contributed by atoms with E-state index in [4.69, 9.17) is 4.74 Å². The quantitative estimate of drug-likeness (QED) is 0.601. The molecule has 2 atom stereocenters. The van der Waals surface area contributed by atoms with Crippen molar-refractivity contribution in [2.24, 2.45) is 0 Å². The van der Waals surface area contributed by atoms with Crippen molar-refractivity contribution in [3.05, 3.63) is 24.5 Å². The highest BCUT2D eigenvalue weighted by atomic mass is 16.5. The molecule has 2 rings (SSSR count). The van der Waals surface area contributed by atoms with Crippen LogP contribution in [0.2, 0.25) is 0 Å². The van der Waals surface area contributed by atoms with Gasteiger partial charge in [0.15, 0.2) is 11.9 Å². The topological polar surface area (TPSA) is 38.3 Å². The van der Waals surface area contributed by atoms with E-state index in [0.717, 1.165) is 12.3 Å². The molecule has 0 aliphatic carbocycles. The van der Waals surface area contributed by atoms with Crippen molar-refractivity contribution in [3.8, 4) is 0 Å². The summed E-state index contributed by atoms with van der Waals surface area (Å²) in [6.45, 7) is 4.32. The van der Waals surface area contributed by atoms with Crippen LogP contribution in [0.4, 0.5) is 0 Å². The summed E-state index contributed by atoms with van der Waals surface area (Å²) in [6.07, 6.45) is 3.94. The molecule has 2 aliphatic heterocycles. The molecule has 1 N–H and O–H groups in total. The van der Waals surface area contributed by atoms with Gasteiger partial charge in [-0.2, -0.15) is 0 Å². The molecule has 0 saturated carbocycles. The highest BCUT2D eigenvalue weighted by molar-refractivity contribution is 5.93. The fourth-order valence-corrected chi connectivity index (χ4v) is 1.58. The van der Waals surface area contributed by atoms with Crippen molar-refractivity contribution in [1.82, 2.24) is 5.32 Å². The second kappa shape index (κ2) is 2.75. The molecule has 2 unspecified atom stereocenters. The van der Waals surface area contributed by atoms with Crippen LogP contribution in [-0.2, 0) is 9.53 Å². The van der Waals surface area contributed by atoms with Gasteiger partial charge < -0.3 is 4.74 Å². The average molecular weight is 165 g/mol. The van der Waals surface area contributed by atoms with E-state index in [9.17, 15) is 4.79 Å². The van der Waals surface area contributed by atoms with Crippen LogP contribution in [0.25, 0.3) is 0 Å². The smallest absolute Gasteiger partial charge is 0.198 e. The van der Waals surface area contributed by atoms with Gasteiger partial charge in [0.1, 0.15) is 11.8 Å². The SMILES string of the molecule is C=CCC1OC2=CCNC2C1=O. The number of hydrogen-bond donors (Lipinski definition) is 1. The first-order valence-electron chi connectivity index (χ1n) is 4.07. The number of rotatable bonds is 2.